The second kappa shape index (κ2) is 9.23. The minimum atomic E-state index is -0.943. The summed E-state index contributed by atoms with van der Waals surface area (Å²) in [4.78, 5) is 25.4. The molecule has 1 saturated heterocycles. The number of amides is 2. The molecule has 2 amide bonds. The number of nitrogens with one attached hydrogen (secondary N) is 1. The van der Waals surface area contributed by atoms with Gasteiger partial charge in [0.25, 0.3) is 5.91 Å². The summed E-state index contributed by atoms with van der Waals surface area (Å²) in [5, 5.41) is 12.6. The third-order valence-corrected chi connectivity index (χ3v) is 5.09. The molecule has 0 radical (unpaired) electrons. The number of carbonyl (C=O) groups excluding carboxylic acids is 2. The summed E-state index contributed by atoms with van der Waals surface area (Å²) in [6.45, 7) is 1.28. The van der Waals surface area contributed by atoms with E-state index in [1.165, 1.54) is 4.90 Å². The molecular formula is C17H30N2O4. The standard InChI is InChI=1S/C17H30N2O4/c1-23-14-7-5-13(6-8-14)9-10-18-16(21)12-19-11-3-2-4-15(20)17(19)22/h13-15,20H,2-12H2,1H3,(H,18,21). The van der Waals surface area contributed by atoms with Crippen LogP contribution >= 0.6 is 0 Å². The Balaban J connectivity index is 1.64. The smallest absolute Gasteiger partial charge is 0.251 e. The highest BCUT2D eigenvalue weighted by molar-refractivity contribution is 5.87. The molecule has 1 saturated carbocycles. The van der Waals surface area contributed by atoms with Crippen molar-refractivity contribution in [2.75, 3.05) is 26.7 Å². The zero-order chi connectivity index (χ0) is 16.7. The molecule has 6 nitrogen and oxygen atoms in total. The fraction of sp³-hybridized carbons (Fsp3) is 0.882. The number of likely N-dealkylation sites (tertiary alicyclic amines) is 1. The van der Waals surface area contributed by atoms with Crippen molar-refractivity contribution in [3.8, 4) is 0 Å². The zero-order valence-corrected chi connectivity index (χ0v) is 14.1. The van der Waals surface area contributed by atoms with Gasteiger partial charge in [0.05, 0.1) is 12.6 Å². The molecule has 2 N–H and O–H groups in total. The molecule has 0 aromatic carbocycles. The first-order chi connectivity index (χ1) is 11.1. The van der Waals surface area contributed by atoms with Crippen molar-refractivity contribution < 1.29 is 19.4 Å². The van der Waals surface area contributed by atoms with E-state index in [-0.39, 0.29) is 18.4 Å². The van der Waals surface area contributed by atoms with Gasteiger partial charge in [0.1, 0.15) is 6.10 Å². The van der Waals surface area contributed by atoms with Crippen LogP contribution in [0.2, 0.25) is 0 Å². The highest BCUT2D eigenvalue weighted by Gasteiger charge is 2.26. The maximum Gasteiger partial charge on any atom is 0.251 e. The molecule has 0 spiro atoms. The molecular weight excluding hydrogens is 296 g/mol. The van der Waals surface area contributed by atoms with Gasteiger partial charge in [0.15, 0.2) is 0 Å². The Bertz CT molecular complexity index is 394. The predicted molar refractivity (Wildman–Crippen MR) is 86.8 cm³/mol. The maximum atomic E-state index is 12.0. The number of methoxy groups -OCH3 is 1. The second-order valence-electron chi connectivity index (χ2n) is 6.79. The van der Waals surface area contributed by atoms with Gasteiger partial charge in [-0.05, 0) is 57.3 Å². The van der Waals surface area contributed by atoms with Gasteiger partial charge in [0.2, 0.25) is 5.91 Å². The highest BCUT2D eigenvalue weighted by atomic mass is 16.5. The van der Waals surface area contributed by atoms with E-state index in [1.54, 1.807) is 7.11 Å². The van der Waals surface area contributed by atoms with Gasteiger partial charge in [0, 0.05) is 20.2 Å². The molecule has 2 rings (SSSR count). The molecule has 1 atom stereocenters. The molecule has 6 heteroatoms. The third-order valence-electron chi connectivity index (χ3n) is 5.09. The number of ether oxygens (including phenoxy) is 1. The lowest BCUT2D eigenvalue weighted by molar-refractivity contribution is -0.142. The fourth-order valence-electron chi connectivity index (χ4n) is 3.54. The summed E-state index contributed by atoms with van der Waals surface area (Å²) < 4.78 is 5.37. The summed E-state index contributed by atoms with van der Waals surface area (Å²) in [6, 6.07) is 0. The van der Waals surface area contributed by atoms with Crippen LogP contribution in [0.25, 0.3) is 0 Å². The quantitative estimate of drug-likeness (QED) is 0.765. The first-order valence-corrected chi connectivity index (χ1v) is 8.86. The minimum Gasteiger partial charge on any atom is -0.383 e. The SMILES string of the molecule is COC1CCC(CCNC(=O)CN2CCCCC(O)C2=O)CC1. The number of aliphatic hydroxyl groups is 1. The van der Waals surface area contributed by atoms with Crippen LogP contribution in [0.3, 0.4) is 0 Å². The Kier molecular flexibility index (Phi) is 7.30. The molecule has 2 aliphatic rings. The Labute approximate surface area is 138 Å². The number of aliphatic hydroxyl groups excluding tert-OH is 1. The molecule has 2 fully saturated rings. The topological polar surface area (TPSA) is 78.9 Å². The maximum absolute atomic E-state index is 12.0. The van der Waals surface area contributed by atoms with Crippen LogP contribution in [-0.4, -0.2) is 60.8 Å². The Morgan fingerprint density at radius 2 is 2.00 bits per heavy atom. The lowest BCUT2D eigenvalue weighted by Crippen LogP contribution is -2.44. The number of hydrogen-bond donors (Lipinski definition) is 2. The number of rotatable bonds is 6. The van der Waals surface area contributed by atoms with E-state index in [4.69, 9.17) is 4.74 Å². The molecule has 0 bridgehead atoms. The van der Waals surface area contributed by atoms with Crippen LogP contribution in [0.1, 0.15) is 51.4 Å². The van der Waals surface area contributed by atoms with Gasteiger partial charge in [-0.3, -0.25) is 9.59 Å². The molecule has 1 heterocycles. The number of hydrogen-bond acceptors (Lipinski definition) is 4. The van der Waals surface area contributed by atoms with Crippen molar-refractivity contribution >= 4 is 11.8 Å². The van der Waals surface area contributed by atoms with E-state index in [0.29, 0.717) is 31.5 Å². The van der Waals surface area contributed by atoms with E-state index in [9.17, 15) is 14.7 Å². The van der Waals surface area contributed by atoms with Crippen molar-refractivity contribution in [1.29, 1.82) is 0 Å². The molecule has 1 unspecified atom stereocenters. The molecule has 0 aromatic rings. The Hall–Kier alpha value is -1.14. The monoisotopic (exact) mass is 326 g/mol. The second-order valence-corrected chi connectivity index (χ2v) is 6.79. The van der Waals surface area contributed by atoms with Crippen molar-refractivity contribution in [1.82, 2.24) is 10.2 Å². The van der Waals surface area contributed by atoms with E-state index >= 15 is 0 Å². The zero-order valence-electron chi connectivity index (χ0n) is 14.1. The van der Waals surface area contributed by atoms with Crippen molar-refractivity contribution in [2.24, 2.45) is 5.92 Å². The largest absolute Gasteiger partial charge is 0.383 e. The average Bonchev–Trinajstić information content (AvgIpc) is 2.71. The van der Waals surface area contributed by atoms with Gasteiger partial charge < -0.3 is 20.1 Å². The molecule has 1 aliphatic carbocycles. The highest BCUT2D eigenvalue weighted by Crippen LogP contribution is 2.27. The normalized spacial score (nSPS) is 29.2. The van der Waals surface area contributed by atoms with Crippen molar-refractivity contribution in [3.63, 3.8) is 0 Å². The van der Waals surface area contributed by atoms with Crippen LogP contribution in [-0.2, 0) is 14.3 Å². The van der Waals surface area contributed by atoms with Crippen LogP contribution in [0.5, 0.6) is 0 Å². The van der Waals surface area contributed by atoms with Crippen LogP contribution in [0.15, 0.2) is 0 Å². The summed E-state index contributed by atoms with van der Waals surface area (Å²) in [5.74, 6) is 0.219. The molecule has 0 aromatic heterocycles. The van der Waals surface area contributed by atoms with Gasteiger partial charge in [-0.15, -0.1) is 0 Å². The first kappa shape index (κ1) is 18.2. The van der Waals surface area contributed by atoms with E-state index in [2.05, 4.69) is 5.32 Å². The van der Waals surface area contributed by atoms with Crippen LogP contribution in [0.4, 0.5) is 0 Å². The van der Waals surface area contributed by atoms with Gasteiger partial charge in [-0.25, -0.2) is 0 Å². The van der Waals surface area contributed by atoms with Crippen molar-refractivity contribution in [3.05, 3.63) is 0 Å². The van der Waals surface area contributed by atoms with E-state index in [1.807, 2.05) is 0 Å². The summed E-state index contributed by atoms with van der Waals surface area (Å²) >= 11 is 0. The van der Waals surface area contributed by atoms with Crippen LogP contribution in [0, 0.1) is 5.92 Å². The number of carbonyl (C=O) groups is 2. The first-order valence-electron chi connectivity index (χ1n) is 8.86. The molecule has 1 aliphatic heterocycles. The minimum absolute atomic E-state index is 0.0618. The lowest BCUT2D eigenvalue weighted by Gasteiger charge is -2.27. The fourth-order valence-corrected chi connectivity index (χ4v) is 3.54. The summed E-state index contributed by atoms with van der Waals surface area (Å²) in [6.07, 6.45) is 7.15. The van der Waals surface area contributed by atoms with E-state index < -0.39 is 6.10 Å². The molecule has 132 valence electrons. The Morgan fingerprint density at radius 1 is 1.26 bits per heavy atom. The molecule has 23 heavy (non-hydrogen) atoms. The lowest BCUT2D eigenvalue weighted by atomic mass is 9.85. The van der Waals surface area contributed by atoms with Crippen LogP contribution < -0.4 is 5.32 Å². The van der Waals surface area contributed by atoms with Gasteiger partial charge in [-0.2, -0.15) is 0 Å². The summed E-state index contributed by atoms with van der Waals surface area (Å²) in [5.41, 5.74) is 0. The van der Waals surface area contributed by atoms with Gasteiger partial charge >= 0.3 is 0 Å². The Morgan fingerprint density at radius 3 is 2.70 bits per heavy atom. The van der Waals surface area contributed by atoms with E-state index in [0.717, 1.165) is 44.9 Å². The van der Waals surface area contributed by atoms with Crippen molar-refractivity contribution in [2.45, 2.75) is 63.6 Å². The predicted octanol–water partition coefficient (Wildman–Crippen LogP) is 1.07. The number of nitrogens with zero attached hydrogens (tertiary/aromatic N) is 1. The third kappa shape index (κ3) is 5.77. The van der Waals surface area contributed by atoms with Gasteiger partial charge in [-0.1, -0.05) is 0 Å². The summed E-state index contributed by atoms with van der Waals surface area (Å²) in [7, 11) is 1.77. The average molecular weight is 326 g/mol.